The Kier molecular flexibility index (Phi) is 8.52. The molecule has 0 saturated carbocycles. The van der Waals surface area contributed by atoms with Crippen LogP contribution in [0.1, 0.15) is 49.3 Å². The highest BCUT2D eigenvalue weighted by molar-refractivity contribution is 7.80. The second-order valence-electron chi connectivity index (χ2n) is 6.74. The van der Waals surface area contributed by atoms with Gasteiger partial charge in [0.05, 0.1) is 29.7 Å². The lowest BCUT2D eigenvalue weighted by molar-refractivity contribution is 0.0504. The Bertz CT molecular complexity index is 984. The monoisotopic (exact) mass is 463 g/mol. The predicted octanol–water partition coefficient (Wildman–Crippen LogP) is 3.92. The Hall–Kier alpha value is -2.98. The van der Waals surface area contributed by atoms with E-state index < -0.39 is 5.97 Å². The summed E-state index contributed by atoms with van der Waals surface area (Å²) in [6.07, 6.45) is 0.753. The standard InChI is InChI=1S/C21H25N3O5S2/c1-6-11-29-19(26)13-7-9-14(10-8-13)22-21(30)23-17-15(20(27)28-5)12(2)16(31-17)18(25)24(3)4/h7-10H,6,11H2,1-5H3,(H2,22,23,30). The summed E-state index contributed by atoms with van der Waals surface area (Å²) < 4.78 is 9.97. The van der Waals surface area contributed by atoms with Gasteiger partial charge in [0.15, 0.2) is 5.11 Å². The van der Waals surface area contributed by atoms with Gasteiger partial charge in [-0.3, -0.25) is 4.79 Å². The quantitative estimate of drug-likeness (QED) is 0.471. The van der Waals surface area contributed by atoms with E-state index in [9.17, 15) is 14.4 Å². The van der Waals surface area contributed by atoms with Crippen molar-refractivity contribution in [3.8, 4) is 0 Å². The van der Waals surface area contributed by atoms with Crippen molar-refractivity contribution in [2.45, 2.75) is 20.3 Å². The molecule has 8 nitrogen and oxygen atoms in total. The van der Waals surface area contributed by atoms with Crippen LogP contribution in [0.2, 0.25) is 0 Å². The van der Waals surface area contributed by atoms with Crippen LogP contribution in [0.15, 0.2) is 24.3 Å². The zero-order valence-electron chi connectivity index (χ0n) is 18.0. The molecule has 0 unspecified atom stereocenters. The Labute approximate surface area is 190 Å². The molecule has 1 heterocycles. The zero-order valence-corrected chi connectivity index (χ0v) is 19.7. The number of hydrogen-bond acceptors (Lipinski definition) is 7. The van der Waals surface area contributed by atoms with E-state index in [1.54, 1.807) is 45.3 Å². The van der Waals surface area contributed by atoms with Crippen molar-refractivity contribution < 1.29 is 23.9 Å². The molecule has 1 amide bonds. The lowest BCUT2D eigenvalue weighted by atomic mass is 10.1. The van der Waals surface area contributed by atoms with Crippen molar-refractivity contribution in [3.05, 3.63) is 45.8 Å². The first-order valence-corrected chi connectivity index (χ1v) is 10.7. The van der Waals surface area contributed by atoms with Crippen molar-refractivity contribution in [1.82, 2.24) is 4.90 Å². The average molecular weight is 464 g/mol. The van der Waals surface area contributed by atoms with Gasteiger partial charge in [-0.15, -0.1) is 11.3 Å². The number of carbonyl (C=O) groups is 3. The summed E-state index contributed by atoms with van der Waals surface area (Å²) in [6, 6.07) is 6.65. The first-order valence-electron chi connectivity index (χ1n) is 9.48. The molecule has 0 aliphatic heterocycles. The second-order valence-corrected chi connectivity index (χ2v) is 8.17. The third kappa shape index (κ3) is 6.02. The summed E-state index contributed by atoms with van der Waals surface area (Å²) in [4.78, 5) is 38.5. The smallest absolute Gasteiger partial charge is 0.341 e. The number of rotatable bonds is 7. The Morgan fingerprint density at radius 1 is 1.10 bits per heavy atom. The molecule has 0 saturated heterocycles. The number of thiophene rings is 1. The van der Waals surface area contributed by atoms with Gasteiger partial charge in [-0.1, -0.05) is 6.92 Å². The fraction of sp³-hybridized carbons (Fsp3) is 0.333. The molecule has 2 rings (SSSR count). The van der Waals surface area contributed by atoms with Crippen LogP contribution in [0.3, 0.4) is 0 Å². The summed E-state index contributed by atoms with van der Waals surface area (Å²) in [6.45, 7) is 3.99. The van der Waals surface area contributed by atoms with Crippen LogP contribution in [0.25, 0.3) is 0 Å². The SMILES string of the molecule is CCCOC(=O)c1ccc(NC(=S)Nc2sc(C(=O)N(C)C)c(C)c2C(=O)OC)cc1. The Morgan fingerprint density at radius 2 is 1.74 bits per heavy atom. The number of esters is 2. The highest BCUT2D eigenvalue weighted by atomic mass is 32.1. The van der Waals surface area contributed by atoms with Crippen LogP contribution in [0, 0.1) is 6.92 Å². The second kappa shape index (κ2) is 10.9. The molecule has 1 aromatic carbocycles. The minimum atomic E-state index is -0.563. The van der Waals surface area contributed by atoms with Gasteiger partial charge < -0.3 is 25.0 Å². The Balaban J connectivity index is 2.18. The van der Waals surface area contributed by atoms with Crippen LogP contribution >= 0.6 is 23.6 Å². The number of benzene rings is 1. The third-order valence-corrected chi connectivity index (χ3v) is 5.58. The number of amides is 1. The number of ether oxygens (including phenoxy) is 2. The lowest BCUT2D eigenvalue weighted by Gasteiger charge is -2.11. The number of hydrogen-bond donors (Lipinski definition) is 2. The molecule has 166 valence electrons. The molecule has 0 aliphatic carbocycles. The summed E-state index contributed by atoms with van der Waals surface area (Å²) in [7, 11) is 4.56. The lowest BCUT2D eigenvalue weighted by Crippen LogP contribution is -2.21. The van der Waals surface area contributed by atoms with Crippen LogP contribution < -0.4 is 10.6 Å². The van der Waals surface area contributed by atoms with Crippen LogP contribution in [-0.2, 0) is 9.47 Å². The van der Waals surface area contributed by atoms with Gasteiger partial charge in [-0.2, -0.15) is 0 Å². The van der Waals surface area contributed by atoms with E-state index in [1.165, 1.54) is 12.0 Å². The number of carbonyl (C=O) groups excluding carboxylic acids is 3. The highest BCUT2D eigenvalue weighted by Gasteiger charge is 2.26. The maximum absolute atomic E-state index is 12.4. The molecular formula is C21H25N3O5S2. The fourth-order valence-corrected chi connectivity index (χ4v) is 4.09. The number of methoxy groups -OCH3 is 1. The van der Waals surface area contributed by atoms with Gasteiger partial charge in [0.2, 0.25) is 0 Å². The van der Waals surface area contributed by atoms with E-state index in [-0.39, 0.29) is 22.6 Å². The molecule has 0 radical (unpaired) electrons. The van der Waals surface area contributed by atoms with Crippen LogP contribution in [0.5, 0.6) is 0 Å². The predicted molar refractivity (Wildman–Crippen MR) is 125 cm³/mol. The molecule has 0 atom stereocenters. The largest absolute Gasteiger partial charge is 0.465 e. The topological polar surface area (TPSA) is 97.0 Å². The number of thiocarbonyl (C=S) groups is 1. The fourth-order valence-electron chi connectivity index (χ4n) is 2.59. The van der Waals surface area contributed by atoms with Crippen molar-refractivity contribution in [2.24, 2.45) is 0 Å². The first kappa shape index (κ1) is 24.3. The molecule has 0 aliphatic rings. The number of nitrogens with one attached hydrogen (secondary N) is 2. The summed E-state index contributed by atoms with van der Waals surface area (Å²) in [5.41, 5.74) is 1.86. The first-order chi connectivity index (χ1) is 14.7. The molecule has 2 N–H and O–H groups in total. The molecule has 10 heteroatoms. The van der Waals surface area contributed by atoms with Gasteiger partial charge in [0, 0.05) is 19.8 Å². The van der Waals surface area contributed by atoms with Gasteiger partial charge in [0.1, 0.15) is 5.00 Å². The minimum Gasteiger partial charge on any atom is -0.465 e. The number of nitrogens with zero attached hydrogens (tertiary/aromatic N) is 1. The zero-order chi connectivity index (χ0) is 23.1. The number of anilines is 2. The van der Waals surface area contributed by atoms with Crippen LogP contribution in [-0.4, -0.2) is 55.7 Å². The van der Waals surface area contributed by atoms with Crippen molar-refractivity contribution in [2.75, 3.05) is 38.4 Å². The minimum absolute atomic E-state index is 0.217. The maximum Gasteiger partial charge on any atom is 0.341 e. The molecule has 0 fully saturated rings. The molecule has 1 aromatic heterocycles. The highest BCUT2D eigenvalue weighted by Crippen LogP contribution is 2.34. The summed E-state index contributed by atoms with van der Waals surface area (Å²) in [5, 5.41) is 6.59. The van der Waals surface area contributed by atoms with E-state index >= 15 is 0 Å². The summed E-state index contributed by atoms with van der Waals surface area (Å²) in [5.74, 6) is -1.17. The normalized spacial score (nSPS) is 10.2. The van der Waals surface area contributed by atoms with Gasteiger partial charge >= 0.3 is 11.9 Å². The average Bonchev–Trinajstić information content (AvgIpc) is 3.06. The summed E-state index contributed by atoms with van der Waals surface area (Å²) >= 11 is 6.48. The van der Waals surface area contributed by atoms with E-state index in [1.807, 2.05) is 6.92 Å². The van der Waals surface area contributed by atoms with Crippen molar-refractivity contribution in [1.29, 1.82) is 0 Å². The Morgan fingerprint density at radius 3 is 2.29 bits per heavy atom. The molecule has 31 heavy (non-hydrogen) atoms. The van der Waals surface area contributed by atoms with Crippen molar-refractivity contribution in [3.63, 3.8) is 0 Å². The van der Waals surface area contributed by atoms with E-state index in [0.717, 1.165) is 17.8 Å². The van der Waals surface area contributed by atoms with E-state index in [0.29, 0.717) is 33.3 Å². The third-order valence-electron chi connectivity index (χ3n) is 4.18. The van der Waals surface area contributed by atoms with Crippen LogP contribution in [0.4, 0.5) is 10.7 Å². The van der Waals surface area contributed by atoms with E-state index in [2.05, 4.69) is 10.6 Å². The van der Waals surface area contributed by atoms with E-state index in [4.69, 9.17) is 21.7 Å². The molecule has 2 aromatic rings. The molecule has 0 bridgehead atoms. The van der Waals surface area contributed by atoms with Gasteiger partial charge in [-0.05, 0) is 55.4 Å². The molecule has 0 spiro atoms. The van der Waals surface area contributed by atoms with Crippen molar-refractivity contribution >= 4 is 57.2 Å². The van der Waals surface area contributed by atoms with Gasteiger partial charge in [0.25, 0.3) is 5.91 Å². The maximum atomic E-state index is 12.4. The molecular weight excluding hydrogens is 438 g/mol. The van der Waals surface area contributed by atoms with Gasteiger partial charge in [-0.25, -0.2) is 9.59 Å².